The summed E-state index contributed by atoms with van der Waals surface area (Å²) in [5, 5.41) is 19.4. The van der Waals surface area contributed by atoms with Crippen molar-refractivity contribution in [2.45, 2.75) is 5.92 Å². The van der Waals surface area contributed by atoms with Crippen molar-refractivity contribution in [2.75, 3.05) is 0 Å². The van der Waals surface area contributed by atoms with Crippen LogP contribution in [-0.4, -0.2) is 10.2 Å². The third-order valence-corrected chi connectivity index (χ3v) is 3.15. The van der Waals surface area contributed by atoms with Crippen LogP contribution >= 0.6 is 0 Å². The zero-order valence-electron chi connectivity index (χ0n) is 9.17. The van der Waals surface area contributed by atoms with Crippen LogP contribution in [-0.2, 0) is 0 Å². The van der Waals surface area contributed by atoms with Gasteiger partial charge in [0.1, 0.15) is 11.5 Å². The highest BCUT2D eigenvalue weighted by molar-refractivity contribution is 5.66. The standard InChI is InChI=1S/C15H12O2/c16-11-6-8-15(17)14(9-11)13-7-5-10-3-1-2-4-12(10)13/h1-9,13,16-17H. The van der Waals surface area contributed by atoms with Crippen molar-refractivity contribution >= 4 is 6.08 Å². The van der Waals surface area contributed by atoms with E-state index < -0.39 is 0 Å². The van der Waals surface area contributed by atoms with E-state index in [4.69, 9.17) is 0 Å². The quantitative estimate of drug-likeness (QED) is 0.730. The maximum Gasteiger partial charge on any atom is 0.119 e. The lowest BCUT2D eigenvalue weighted by atomic mass is 9.92. The van der Waals surface area contributed by atoms with Crippen LogP contribution in [0.3, 0.4) is 0 Å². The van der Waals surface area contributed by atoms with Crippen molar-refractivity contribution in [2.24, 2.45) is 0 Å². The lowest BCUT2D eigenvalue weighted by Gasteiger charge is -2.13. The molecule has 0 heterocycles. The summed E-state index contributed by atoms with van der Waals surface area (Å²) in [6.07, 6.45) is 4.09. The number of benzene rings is 2. The van der Waals surface area contributed by atoms with Gasteiger partial charge in [-0.3, -0.25) is 0 Å². The molecule has 2 N–H and O–H groups in total. The minimum atomic E-state index is 0.0262. The first kappa shape index (κ1) is 9.97. The number of allylic oxidation sites excluding steroid dienone is 1. The molecular formula is C15H12O2. The topological polar surface area (TPSA) is 40.5 Å². The third kappa shape index (κ3) is 1.58. The van der Waals surface area contributed by atoms with Crippen molar-refractivity contribution in [1.82, 2.24) is 0 Å². The first-order valence-electron chi connectivity index (χ1n) is 5.55. The predicted octanol–water partition coefficient (Wildman–Crippen LogP) is 3.26. The van der Waals surface area contributed by atoms with Gasteiger partial charge in [0.2, 0.25) is 0 Å². The Morgan fingerprint density at radius 3 is 2.59 bits per heavy atom. The minimum Gasteiger partial charge on any atom is -0.508 e. The summed E-state index contributed by atoms with van der Waals surface area (Å²) in [5.74, 6) is 0.419. The zero-order valence-corrected chi connectivity index (χ0v) is 9.17. The first-order valence-corrected chi connectivity index (χ1v) is 5.55. The summed E-state index contributed by atoms with van der Waals surface area (Å²) in [5.41, 5.74) is 3.07. The summed E-state index contributed by atoms with van der Waals surface area (Å²) in [6.45, 7) is 0. The molecule has 2 nitrogen and oxygen atoms in total. The SMILES string of the molecule is Oc1ccc(O)c(C2C=Cc3ccccc32)c1. The third-order valence-electron chi connectivity index (χ3n) is 3.15. The zero-order chi connectivity index (χ0) is 11.8. The van der Waals surface area contributed by atoms with Crippen LogP contribution in [0, 0.1) is 0 Å². The van der Waals surface area contributed by atoms with E-state index >= 15 is 0 Å². The van der Waals surface area contributed by atoms with Gasteiger partial charge in [0, 0.05) is 11.5 Å². The molecule has 0 spiro atoms. The lowest BCUT2D eigenvalue weighted by molar-refractivity contribution is 0.454. The van der Waals surface area contributed by atoms with Crippen molar-refractivity contribution in [3.63, 3.8) is 0 Å². The predicted molar refractivity (Wildman–Crippen MR) is 67.1 cm³/mol. The summed E-state index contributed by atoms with van der Waals surface area (Å²) in [6, 6.07) is 12.7. The van der Waals surface area contributed by atoms with Crippen molar-refractivity contribution in [1.29, 1.82) is 0 Å². The molecular weight excluding hydrogens is 212 g/mol. The van der Waals surface area contributed by atoms with Crippen LogP contribution in [0.15, 0.2) is 48.5 Å². The lowest BCUT2D eigenvalue weighted by Crippen LogP contribution is -1.96. The van der Waals surface area contributed by atoms with Gasteiger partial charge in [-0.15, -0.1) is 0 Å². The summed E-state index contributed by atoms with van der Waals surface area (Å²) < 4.78 is 0. The Morgan fingerprint density at radius 1 is 0.882 bits per heavy atom. The van der Waals surface area contributed by atoms with Crippen molar-refractivity contribution in [3.8, 4) is 11.5 Å². The molecule has 17 heavy (non-hydrogen) atoms. The highest BCUT2D eigenvalue weighted by Crippen LogP contribution is 2.39. The van der Waals surface area contributed by atoms with E-state index in [1.807, 2.05) is 36.4 Å². The number of phenols is 2. The second kappa shape index (κ2) is 3.67. The Bertz CT molecular complexity index is 600. The van der Waals surface area contributed by atoms with E-state index in [0.717, 1.165) is 11.1 Å². The highest BCUT2D eigenvalue weighted by atomic mass is 16.3. The van der Waals surface area contributed by atoms with Gasteiger partial charge in [0.25, 0.3) is 0 Å². The molecule has 2 aromatic rings. The molecule has 1 aliphatic rings. The average molecular weight is 224 g/mol. The molecule has 3 rings (SSSR count). The summed E-state index contributed by atoms with van der Waals surface area (Å²) >= 11 is 0. The van der Waals surface area contributed by atoms with Crippen LogP contribution in [0.1, 0.15) is 22.6 Å². The van der Waals surface area contributed by atoms with E-state index in [-0.39, 0.29) is 17.4 Å². The van der Waals surface area contributed by atoms with Crippen molar-refractivity contribution < 1.29 is 10.2 Å². The van der Waals surface area contributed by atoms with Crippen molar-refractivity contribution in [3.05, 3.63) is 65.2 Å². The Labute approximate surface area is 99.5 Å². The molecule has 84 valence electrons. The van der Waals surface area contributed by atoms with E-state index in [1.54, 1.807) is 6.07 Å². The molecule has 1 atom stereocenters. The Hall–Kier alpha value is -2.22. The Kier molecular flexibility index (Phi) is 2.15. The number of rotatable bonds is 1. The molecule has 0 saturated carbocycles. The average Bonchev–Trinajstić information content (AvgIpc) is 2.76. The van der Waals surface area contributed by atoms with E-state index in [2.05, 4.69) is 0 Å². The maximum absolute atomic E-state index is 9.88. The minimum absolute atomic E-state index is 0.0262. The fraction of sp³-hybridized carbons (Fsp3) is 0.0667. The molecule has 2 aromatic carbocycles. The molecule has 1 aliphatic carbocycles. The summed E-state index contributed by atoms with van der Waals surface area (Å²) in [4.78, 5) is 0. The Morgan fingerprint density at radius 2 is 1.71 bits per heavy atom. The van der Waals surface area contributed by atoms with Gasteiger partial charge in [0.05, 0.1) is 0 Å². The smallest absolute Gasteiger partial charge is 0.119 e. The molecule has 1 unspecified atom stereocenters. The van der Waals surface area contributed by atoms with Gasteiger partial charge in [0.15, 0.2) is 0 Å². The molecule has 0 fully saturated rings. The fourth-order valence-corrected chi connectivity index (χ4v) is 2.31. The number of fused-ring (bicyclic) bond motifs is 1. The van der Waals surface area contributed by atoms with Gasteiger partial charge in [-0.05, 0) is 29.3 Å². The van der Waals surface area contributed by atoms with E-state index in [1.165, 1.54) is 17.7 Å². The number of aromatic hydroxyl groups is 2. The van der Waals surface area contributed by atoms with Crippen LogP contribution < -0.4 is 0 Å². The Balaban J connectivity index is 2.13. The van der Waals surface area contributed by atoms with Crippen LogP contribution in [0.25, 0.3) is 6.08 Å². The molecule has 0 radical (unpaired) electrons. The highest BCUT2D eigenvalue weighted by Gasteiger charge is 2.21. The van der Waals surface area contributed by atoms with Crippen LogP contribution in [0.4, 0.5) is 0 Å². The molecule has 0 bridgehead atoms. The van der Waals surface area contributed by atoms with Crippen LogP contribution in [0.2, 0.25) is 0 Å². The second-order valence-corrected chi connectivity index (χ2v) is 4.21. The first-order chi connectivity index (χ1) is 8.25. The normalized spacial score (nSPS) is 17.1. The molecule has 0 saturated heterocycles. The molecule has 0 aliphatic heterocycles. The fourth-order valence-electron chi connectivity index (χ4n) is 2.31. The van der Waals surface area contributed by atoms with Gasteiger partial charge in [-0.1, -0.05) is 36.4 Å². The number of hydrogen-bond acceptors (Lipinski definition) is 2. The number of hydrogen-bond donors (Lipinski definition) is 2. The van der Waals surface area contributed by atoms with Gasteiger partial charge in [-0.25, -0.2) is 0 Å². The number of phenolic OH excluding ortho intramolecular Hbond substituents is 2. The second-order valence-electron chi connectivity index (χ2n) is 4.21. The van der Waals surface area contributed by atoms with E-state index in [9.17, 15) is 10.2 Å². The van der Waals surface area contributed by atoms with Crippen LogP contribution in [0.5, 0.6) is 11.5 Å². The molecule has 0 aromatic heterocycles. The van der Waals surface area contributed by atoms with Gasteiger partial charge >= 0.3 is 0 Å². The van der Waals surface area contributed by atoms with Gasteiger partial charge < -0.3 is 10.2 Å². The maximum atomic E-state index is 9.88. The largest absolute Gasteiger partial charge is 0.508 e. The van der Waals surface area contributed by atoms with E-state index in [0.29, 0.717) is 0 Å². The summed E-state index contributed by atoms with van der Waals surface area (Å²) in [7, 11) is 0. The van der Waals surface area contributed by atoms with Gasteiger partial charge in [-0.2, -0.15) is 0 Å². The molecule has 0 amide bonds. The monoisotopic (exact) mass is 224 g/mol. The molecule has 2 heteroatoms.